The van der Waals surface area contributed by atoms with Crippen molar-refractivity contribution in [2.45, 2.75) is 292 Å². The van der Waals surface area contributed by atoms with Gasteiger partial charge in [-0.25, -0.2) is 0 Å². The molecule has 59 heavy (non-hydrogen) atoms. The lowest BCUT2D eigenvalue weighted by Crippen LogP contribution is -2.30. The summed E-state index contributed by atoms with van der Waals surface area (Å²) < 4.78 is 16.8. The predicted molar refractivity (Wildman–Crippen MR) is 252 cm³/mol. The molecular weight excluding hydrogens is 733 g/mol. The van der Waals surface area contributed by atoms with Crippen molar-refractivity contribution in [3.8, 4) is 0 Å². The average Bonchev–Trinajstić information content (AvgIpc) is 3.20. The lowest BCUT2D eigenvalue weighted by molar-refractivity contribution is -0.167. The Kier molecular flexibility index (Phi) is 43.3. The van der Waals surface area contributed by atoms with Gasteiger partial charge in [0.15, 0.2) is 6.10 Å². The highest BCUT2D eigenvalue weighted by molar-refractivity contribution is 5.71. The number of esters is 3. The summed E-state index contributed by atoms with van der Waals surface area (Å²) >= 11 is 0. The van der Waals surface area contributed by atoms with E-state index in [1.54, 1.807) is 0 Å². The third kappa shape index (κ3) is 45.8. The SMILES string of the molecule is CCC(C)CCCCCCCCCCCCCCCCC(=O)OC[C@H](COC(=O)CCCCCCCCCCCC(C)C)OC(=O)CCCCCCCCCCC(C)C. The van der Waals surface area contributed by atoms with Crippen molar-refractivity contribution in [3.63, 3.8) is 0 Å². The van der Waals surface area contributed by atoms with E-state index in [0.29, 0.717) is 19.3 Å². The van der Waals surface area contributed by atoms with Crippen molar-refractivity contribution in [2.75, 3.05) is 13.2 Å². The molecule has 350 valence electrons. The van der Waals surface area contributed by atoms with Gasteiger partial charge in [0, 0.05) is 19.3 Å². The first kappa shape index (κ1) is 57.4. The Morgan fingerprint density at radius 2 is 0.593 bits per heavy atom. The smallest absolute Gasteiger partial charge is 0.306 e. The third-order valence-electron chi connectivity index (χ3n) is 12.3. The molecule has 1 unspecified atom stereocenters. The summed E-state index contributed by atoms with van der Waals surface area (Å²) in [7, 11) is 0. The molecule has 0 aromatic heterocycles. The average molecular weight is 835 g/mol. The first-order valence-electron chi connectivity index (χ1n) is 26.1. The molecule has 0 bridgehead atoms. The van der Waals surface area contributed by atoms with Gasteiger partial charge in [-0.05, 0) is 37.0 Å². The van der Waals surface area contributed by atoms with Gasteiger partial charge in [-0.1, -0.05) is 247 Å². The van der Waals surface area contributed by atoms with Crippen LogP contribution in [0.5, 0.6) is 0 Å². The molecule has 0 rings (SSSR count). The van der Waals surface area contributed by atoms with E-state index in [-0.39, 0.29) is 31.1 Å². The summed E-state index contributed by atoms with van der Waals surface area (Å²) in [5.74, 6) is 1.64. The van der Waals surface area contributed by atoms with Crippen molar-refractivity contribution >= 4 is 17.9 Å². The van der Waals surface area contributed by atoms with E-state index in [4.69, 9.17) is 14.2 Å². The molecular formula is C53H102O6. The summed E-state index contributed by atoms with van der Waals surface area (Å²) in [4.78, 5) is 37.9. The molecule has 0 fully saturated rings. The molecule has 0 aromatic carbocycles. The molecule has 0 aromatic rings. The highest BCUT2D eigenvalue weighted by atomic mass is 16.6. The van der Waals surface area contributed by atoms with Crippen LogP contribution in [0, 0.1) is 17.8 Å². The van der Waals surface area contributed by atoms with Crippen LogP contribution >= 0.6 is 0 Å². The molecule has 2 atom stereocenters. The van der Waals surface area contributed by atoms with Gasteiger partial charge in [0.1, 0.15) is 13.2 Å². The predicted octanol–water partition coefficient (Wildman–Crippen LogP) is 16.8. The van der Waals surface area contributed by atoms with Crippen molar-refractivity contribution in [1.82, 2.24) is 0 Å². The van der Waals surface area contributed by atoms with Crippen molar-refractivity contribution in [3.05, 3.63) is 0 Å². The fourth-order valence-corrected chi connectivity index (χ4v) is 7.91. The van der Waals surface area contributed by atoms with Crippen LogP contribution in [0.4, 0.5) is 0 Å². The Bertz CT molecular complexity index is 916. The van der Waals surface area contributed by atoms with Crippen LogP contribution in [0.15, 0.2) is 0 Å². The minimum absolute atomic E-state index is 0.0651. The Labute approximate surface area is 368 Å². The number of rotatable bonds is 46. The third-order valence-corrected chi connectivity index (χ3v) is 12.3. The Morgan fingerprint density at radius 1 is 0.339 bits per heavy atom. The van der Waals surface area contributed by atoms with Gasteiger partial charge in [0.25, 0.3) is 0 Å². The molecule has 0 saturated carbocycles. The molecule has 0 aliphatic heterocycles. The van der Waals surface area contributed by atoms with Crippen LogP contribution in [-0.2, 0) is 28.6 Å². The van der Waals surface area contributed by atoms with Gasteiger partial charge in [0.05, 0.1) is 0 Å². The zero-order valence-corrected chi connectivity index (χ0v) is 40.5. The Balaban J connectivity index is 4.27. The highest BCUT2D eigenvalue weighted by Crippen LogP contribution is 2.18. The maximum atomic E-state index is 12.8. The summed E-state index contributed by atoms with van der Waals surface area (Å²) in [6.07, 6.45) is 43.8. The monoisotopic (exact) mass is 835 g/mol. The maximum absolute atomic E-state index is 12.8. The normalized spacial score (nSPS) is 12.6. The van der Waals surface area contributed by atoms with Gasteiger partial charge in [-0.2, -0.15) is 0 Å². The van der Waals surface area contributed by atoms with E-state index in [0.717, 1.165) is 75.5 Å². The van der Waals surface area contributed by atoms with Crippen molar-refractivity contribution in [2.24, 2.45) is 17.8 Å². The fourth-order valence-electron chi connectivity index (χ4n) is 7.91. The number of carbonyl (C=O) groups is 3. The standard InChI is InChI=1S/C53H102O6/c1-7-49(6)41-35-29-23-16-12-10-8-9-11-13-17-24-30-36-42-51(54)57-45-50(59-53(56)44-38-32-26-20-19-22-28-34-40-48(4)5)46-58-52(55)43-37-31-25-18-14-15-21-27-33-39-47(2)3/h47-50H,7-46H2,1-6H3/t49?,50-/m1/s1. The second-order valence-corrected chi connectivity index (χ2v) is 19.4. The largest absolute Gasteiger partial charge is 0.462 e. The summed E-state index contributed by atoms with van der Waals surface area (Å²) in [6, 6.07) is 0. The van der Waals surface area contributed by atoms with E-state index in [1.165, 1.54) is 167 Å². The lowest BCUT2D eigenvalue weighted by Gasteiger charge is -2.18. The van der Waals surface area contributed by atoms with Crippen LogP contribution in [0.25, 0.3) is 0 Å². The van der Waals surface area contributed by atoms with E-state index < -0.39 is 6.10 Å². The number of carbonyl (C=O) groups excluding carboxylic acids is 3. The van der Waals surface area contributed by atoms with E-state index in [9.17, 15) is 14.4 Å². The van der Waals surface area contributed by atoms with Gasteiger partial charge in [-0.3, -0.25) is 14.4 Å². The van der Waals surface area contributed by atoms with Gasteiger partial charge < -0.3 is 14.2 Å². The number of unbranched alkanes of at least 4 members (excludes halogenated alkanes) is 28. The number of hydrogen-bond acceptors (Lipinski definition) is 6. The van der Waals surface area contributed by atoms with Gasteiger partial charge in [0.2, 0.25) is 0 Å². The van der Waals surface area contributed by atoms with E-state index >= 15 is 0 Å². The van der Waals surface area contributed by atoms with E-state index in [1.807, 2.05) is 0 Å². The molecule has 0 aliphatic carbocycles. The van der Waals surface area contributed by atoms with Gasteiger partial charge >= 0.3 is 17.9 Å². The Morgan fingerprint density at radius 3 is 0.881 bits per heavy atom. The minimum atomic E-state index is -0.763. The lowest BCUT2D eigenvalue weighted by atomic mass is 9.99. The van der Waals surface area contributed by atoms with Crippen LogP contribution < -0.4 is 0 Å². The van der Waals surface area contributed by atoms with Crippen LogP contribution in [0.3, 0.4) is 0 Å². The summed E-state index contributed by atoms with van der Waals surface area (Å²) in [5, 5.41) is 0. The Hall–Kier alpha value is -1.59. The first-order chi connectivity index (χ1) is 28.6. The molecule has 0 radical (unpaired) electrons. The topological polar surface area (TPSA) is 78.9 Å². The second kappa shape index (κ2) is 44.5. The molecule has 0 spiro atoms. The molecule has 0 aliphatic rings. The van der Waals surface area contributed by atoms with Crippen molar-refractivity contribution < 1.29 is 28.6 Å². The minimum Gasteiger partial charge on any atom is -0.462 e. The van der Waals surface area contributed by atoms with Crippen LogP contribution in [0.1, 0.15) is 286 Å². The zero-order chi connectivity index (χ0) is 43.4. The second-order valence-electron chi connectivity index (χ2n) is 19.4. The van der Waals surface area contributed by atoms with Crippen molar-refractivity contribution in [1.29, 1.82) is 0 Å². The summed E-state index contributed by atoms with van der Waals surface area (Å²) in [5.41, 5.74) is 0. The first-order valence-corrected chi connectivity index (χ1v) is 26.1. The fraction of sp³-hybridized carbons (Fsp3) is 0.943. The van der Waals surface area contributed by atoms with Gasteiger partial charge in [-0.15, -0.1) is 0 Å². The van der Waals surface area contributed by atoms with Crippen LogP contribution in [-0.4, -0.2) is 37.2 Å². The quantitative estimate of drug-likeness (QED) is 0.0345. The molecule has 6 nitrogen and oxygen atoms in total. The summed E-state index contributed by atoms with van der Waals surface area (Å²) in [6.45, 7) is 13.7. The van der Waals surface area contributed by atoms with E-state index in [2.05, 4.69) is 41.5 Å². The number of ether oxygens (including phenoxy) is 3. The number of hydrogen-bond donors (Lipinski definition) is 0. The molecule has 0 heterocycles. The van der Waals surface area contributed by atoms with Crippen LogP contribution in [0.2, 0.25) is 0 Å². The molecule has 0 saturated heterocycles. The zero-order valence-electron chi connectivity index (χ0n) is 40.5. The molecule has 6 heteroatoms. The maximum Gasteiger partial charge on any atom is 0.306 e. The highest BCUT2D eigenvalue weighted by Gasteiger charge is 2.19. The molecule has 0 N–H and O–H groups in total. The molecule has 0 amide bonds.